The van der Waals surface area contributed by atoms with Crippen molar-refractivity contribution in [2.75, 3.05) is 18.1 Å². The summed E-state index contributed by atoms with van der Waals surface area (Å²) >= 11 is 0. The molecular formula is C14H21NO2S. The van der Waals surface area contributed by atoms with E-state index in [-0.39, 0.29) is 0 Å². The highest BCUT2D eigenvalue weighted by molar-refractivity contribution is 7.90. The summed E-state index contributed by atoms with van der Waals surface area (Å²) in [5.41, 5.74) is 1.01. The van der Waals surface area contributed by atoms with E-state index in [9.17, 15) is 8.42 Å². The molecule has 4 heteroatoms. The van der Waals surface area contributed by atoms with Gasteiger partial charge in [-0.25, -0.2) is 8.42 Å². The van der Waals surface area contributed by atoms with Crippen molar-refractivity contribution in [1.29, 1.82) is 0 Å². The van der Waals surface area contributed by atoms with Gasteiger partial charge in [0.05, 0.1) is 4.90 Å². The van der Waals surface area contributed by atoms with Crippen molar-refractivity contribution in [2.24, 2.45) is 5.92 Å². The molecule has 0 unspecified atom stereocenters. The van der Waals surface area contributed by atoms with Gasteiger partial charge in [-0.1, -0.05) is 19.3 Å². The van der Waals surface area contributed by atoms with Crippen LogP contribution in [0.1, 0.15) is 32.1 Å². The van der Waals surface area contributed by atoms with Crippen molar-refractivity contribution < 1.29 is 8.42 Å². The van der Waals surface area contributed by atoms with E-state index in [0.717, 1.165) is 18.2 Å². The van der Waals surface area contributed by atoms with Gasteiger partial charge in [-0.3, -0.25) is 0 Å². The zero-order chi connectivity index (χ0) is 13.0. The quantitative estimate of drug-likeness (QED) is 0.912. The summed E-state index contributed by atoms with van der Waals surface area (Å²) in [4.78, 5) is 0.380. The molecule has 0 atom stereocenters. The topological polar surface area (TPSA) is 46.2 Å². The van der Waals surface area contributed by atoms with Crippen LogP contribution in [0.4, 0.5) is 5.69 Å². The summed E-state index contributed by atoms with van der Waals surface area (Å²) in [7, 11) is -3.08. The maximum Gasteiger partial charge on any atom is 0.175 e. The normalized spacial score (nSPS) is 17.6. The largest absolute Gasteiger partial charge is 0.385 e. The first-order chi connectivity index (χ1) is 8.55. The second-order valence-electron chi connectivity index (χ2n) is 5.18. The second-order valence-corrected chi connectivity index (χ2v) is 7.20. The molecule has 1 aromatic rings. The van der Waals surface area contributed by atoms with E-state index in [1.54, 1.807) is 12.1 Å². The third-order valence-electron chi connectivity index (χ3n) is 3.60. The summed E-state index contributed by atoms with van der Waals surface area (Å²) in [5, 5.41) is 3.40. The Hall–Kier alpha value is -1.03. The van der Waals surface area contributed by atoms with Gasteiger partial charge in [0.15, 0.2) is 9.84 Å². The van der Waals surface area contributed by atoms with Gasteiger partial charge in [-0.15, -0.1) is 0 Å². The fourth-order valence-corrected chi connectivity index (χ4v) is 3.10. The van der Waals surface area contributed by atoms with Crippen LogP contribution in [0.2, 0.25) is 0 Å². The first kappa shape index (κ1) is 13.4. The highest BCUT2D eigenvalue weighted by atomic mass is 32.2. The number of hydrogen-bond acceptors (Lipinski definition) is 3. The molecule has 0 aliphatic heterocycles. The molecule has 1 aromatic carbocycles. The van der Waals surface area contributed by atoms with Gasteiger partial charge in [-0.05, 0) is 43.0 Å². The van der Waals surface area contributed by atoms with Gasteiger partial charge in [0.2, 0.25) is 0 Å². The third kappa shape index (κ3) is 3.73. The van der Waals surface area contributed by atoms with Crippen molar-refractivity contribution in [3.63, 3.8) is 0 Å². The highest BCUT2D eigenvalue weighted by Gasteiger charge is 2.13. The van der Waals surface area contributed by atoms with Crippen LogP contribution in [-0.4, -0.2) is 21.2 Å². The van der Waals surface area contributed by atoms with Gasteiger partial charge in [0.25, 0.3) is 0 Å². The Morgan fingerprint density at radius 1 is 1.11 bits per heavy atom. The van der Waals surface area contributed by atoms with Gasteiger partial charge < -0.3 is 5.32 Å². The molecule has 0 radical (unpaired) electrons. The molecule has 0 saturated heterocycles. The maximum absolute atomic E-state index is 11.3. The molecule has 1 fully saturated rings. The van der Waals surface area contributed by atoms with Gasteiger partial charge in [0, 0.05) is 18.5 Å². The minimum absolute atomic E-state index is 0.380. The number of sulfone groups is 1. The Morgan fingerprint density at radius 3 is 2.28 bits per heavy atom. The summed E-state index contributed by atoms with van der Waals surface area (Å²) in [6, 6.07) is 7.02. The first-order valence-corrected chi connectivity index (χ1v) is 8.49. The maximum atomic E-state index is 11.3. The van der Waals surface area contributed by atoms with Crippen LogP contribution < -0.4 is 5.32 Å². The van der Waals surface area contributed by atoms with Crippen LogP contribution in [0, 0.1) is 5.92 Å². The number of rotatable bonds is 4. The van der Waals surface area contributed by atoms with Crippen molar-refractivity contribution >= 4 is 15.5 Å². The average Bonchev–Trinajstić information content (AvgIpc) is 2.37. The lowest BCUT2D eigenvalue weighted by molar-refractivity contribution is 0.373. The Labute approximate surface area is 110 Å². The molecule has 2 rings (SSSR count). The van der Waals surface area contributed by atoms with Crippen molar-refractivity contribution in [1.82, 2.24) is 0 Å². The third-order valence-corrected chi connectivity index (χ3v) is 4.73. The minimum atomic E-state index is -3.08. The second kappa shape index (κ2) is 5.74. The van der Waals surface area contributed by atoms with Crippen LogP contribution in [0.3, 0.4) is 0 Å². The molecule has 3 nitrogen and oxygen atoms in total. The molecule has 0 heterocycles. The van der Waals surface area contributed by atoms with Crippen molar-refractivity contribution in [2.45, 2.75) is 37.0 Å². The summed E-state index contributed by atoms with van der Waals surface area (Å²) in [6.07, 6.45) is 7.93. The average molecular weight is 267 g/mol. The Balaban J connectivity index is 1.90. The highest BCUT2D eigenvalue weighted by Crippen LogP contribution is 2.24. The number of hydrogen-bond donors (Lipinski definition) is 1. The van der Waals surface area contributed by atoms with Gasteiger partial charge in [0.1, 0.15) is 0 Å². The minimum Gasteiger partial charge on any atom is -0.385 e. The molecule has 1 N–H and O–H groups in total. The molecule has 1 aliphatic carbocycles. The van der Waals surface area contributed by atoms with E-state index in [1.807, 2.05) is 12.1 Å². The lowest BCUT2D eigenvalue weighted by atomic mass is 9.89. The number of benzene rings is 1. The van der Waals surface area contributed by atoms with E-state index >= 15 is 0 Å². The summed E-state index contributed by atoms with van der Waals surface area (Å²) in [6.45, 7) is 0.998. The summed E-state index contributed by atoms with van der Waals surface area (Å²) < 4.78 is 22.7. The molecule has 0 aromatic heterocycles. The smallest absolute Gasteiger partial charge is 0.175 e. The van der Waals surface area contributed by atoms with Gasteiger partial charge in [-0.2, -0.15) is 0 Å². The SMILES string of the molecule is CS(=O)(=O)c1ccc(NCC2CCCCC2)cc1. The van der Waals surface area contributed by atoms with Crippen molar-refractivity contribution in [3.05, 3.63) is 24.3 Å². The van der Waals surface area contributed by atoms with E-state index in [4.69, 9.17) is 0 Å². The fraction of sp³-hybridized carbons (Fsp3) is 0.571. The van der Waals surface area contributed by atoms with Crippen LogP contribution in [0.5, 0.6) is 0 Å². The molecule has 0 bridgehead atoms. The van der Waals surface area contributed by atoms with Crippen LogP contribution >= 0.6 is 0 Å². The van der Waals surface area contributed by atoms with Crippen LogP contribution in [0.25, 0.3) is 0 Å². The Morgan fingerprint density at radius 2 is 1.72 bits per heavy atom. The van der Waals surface area contributed by atoms with E-state index in [0.29, 0.717) is 4.90 Å². The van der Waals surface area contributed by atoms with Gasteiger partial charge >= 0.3 is 0 Å². The van der Waals surface area contributed by atoms with Crippen LogP contribution in [0.15, 0.2) is 29.2 Å². The monoisotopic (exact) mass is 267 g/mol. The van der Waals surface area contributed by atoms with E-state index in [2.05, 4.69) is 5.32 Å². The zero-order valence-electron chi connectivity index (χ0n) is 10.9. The lowest BCUT2D eigenvalue weighted by Gasteiger charge is -2.22. The molecule has 1 saturated carbocycles. The predicted molar refractivity (Wildman–Crippen MR) is 74.6 cm³/mol. The molecule has 0 spiro atoms. The summed E-state index contributed by atoms with van der Waals surface area (Å²) in [5.74, 6) is 0.772. The molecule has 1 aliphatic rings. The van der Waals surface area contributed by atoms with E-state index < -0.39 is 9.84 Å². The van der Waals surface area contributed by atoms with Crippen molar-refractivity contribution in [3.8, 4) is 0 Å². The molecule has 0 amide bonds. The van der Waals surface area contributed by atoms with E-state index in [1.165, 1.54) is 38.4 Å². The standard InChI is InChI=1S/C14H21NO2S/c1-18(16,17)14-9-7-13(8-10-14)15-11-12-5-3-2-4-6-12/h7-10,12,15H,2-6,11H2,1H3. The van der Waals surface area contributed by atoms with Crippen LogP contribution in [-0.2, 0) is 9.84 Å². The molecular weight excluding hydrogens is 246 g/mol. The Kier molecular flexibility index (Phi) is 4.27. The first-order valence-electron chi connectivity index (χ1n) is 6.60. The Bertz CT molecular complexity index is 473. The zero-order valence-corrected chi connectivity index (χ0v) is 11.7. The fourth-order valence-electron chi connectivity index (χ4n) is 2.47. The molecule has 100 valence electrons. The number of nitrogens with one attached hydrogen (secondary N) is 1. The predicted octanol–water partition coefficient (Wildman–Crippen LogP) is 3.08. The number of anilines is 1. The molecule has 18 heavy (non-hydrogen) atoms. The lowest BCUT2D eigenvalue weighted by Crippen LogP contribution is -2.17.